The Hall–Kier alpha value is -2.21. The Kier molecular flexibility index (Phi) is 6.52. The minimum absolute atomic E-state index is 0.0155. The molecule has 4 rings (SSSR count). The fraction of sp³-hybridized carbons (Fsp3) is 0.417. The van der Waals surface area contributed by atoms with E-state index < -0.39 is 0 Å². The molecule has 5 nitrogen and oxygen atoms in total. The van der Waals surface area contributed by atoms with Crippen LogP contribution in [0.2, 0.25) is 5.02 Å². The summed E-state index contributed by atoms with van der Waals surface area (Å²) in [6, 6.07) is 12.4. The topological polar surface area (TPSA) is 43.2 Å². The van der Waals surface area contributed by atoms with Crippen molar-refractivity contribution >= 4 is 11.6 Å². The van der Waals surface area contributed by atoms with Crippen molar-refractivity contribution in [2.24, 2.45) is 0 Å². The lowest BCUT2D eigenvalue weighted by atomic mass is 10.0. The van der Waals surface area contributed by atoms with E-state index in [2.05, 4.69) is 48.2 Å². The number of ether oxygens (including phenoxy) is 1. The van der Waals surface area contributed by atoms with Crippen molar-refractivity contribution in [3.63, 3.8) is 0 Å². The highest BCUT2D eigenvalue weighted by Gasteiger charge is 2.24. The number of pyridine rings is 1. The SMILES string of the molecule is CCn1cc(CN2CCO[C@@H](c3cc(Cc4cccc(Cl)c4)cc(C)n3)C2)c(C)n1. The van der Waals surface area contributed by atoms with E-state index >= 15 is 0 Å². The minimum Gasteiger partial charge on any atom is -0.369 e. The maximum absolute atomic E-state index is 6.16. The maximum Gasteiger partial charge on any atom is 0.112 e. The molecule has 0 bridgehead atoms. The van der Waals surface area contributed by atoms with Gasteiger partial charge in [-0.05, 0) is 62.6 Å². The van der Waals surface area contributed by atoms with Gasteiger partial charge in [0, 0.05) is 48.7 Å². The summed E-state index contributed by atoms with van der Waals surface area (Å²) in [5.41, 5.74) is 6.87. The van der Waals surface area contributed by atoms with Crippen molar-refractivity contribution in [2.45, 2.75) is 46.4 Å². The van der Waals surface area contributed by atoms with Crippen LogP contribution in [0.4, 0.5) is 0 Å². The number of morpholine rings is 1. The molecule has 0 spiro atoms. The molecular weight excluding hydrogens is 396 g/mol. The molecule has 0 radical (unpaired) electrons. The van der Waals surface area contributed by atoms with Gasteiger partial charge in [-0.3, -0.25) is 14.6 Å². The number of halogens is 1. The zero-order valence-corrected chi connectivity index (χ0v) is 18.7. The van der Waals surface area contributed by atoms with Gasteiger partial charge < -0.3 is 4.74 Å². The number of rotatable bonds is 6. The molecule has 6 heteroatoms. The molecule has 3 heterocycles. The van der Waals surface area contributed by atoms with Crippen LogP contribution < -0.4 is 0 Å². The molecular formula is C24H29ClN4O. The normalized spacial score (nSPS) is 17.4. The largest absolute Gasteiger partial charge is 0.369 e. The van der Waals surface area contributed by atoms with Gasteiger partial charge in [0.2, 0.25) is 0 Å². The van der Waals surface area contributed by atoms with E-state index in [1.165, 1.54) is 16.7 Å². The van der Waals surface area contributed by atoms with Gasteiger partial charge in [-0.25, -0.2) is 0 Å². The molecule has 1 aromatic carbocycles. The van der Waals surface area contributed by atoms with Crippen LogP contribution in [-0.4, -0.2) is 39.4 Å². The van der Waals surface area contributed by atoms with Crippen LogP contribution in [0, 0.1) is 13.8 Å². The molecule has 3 aromatic rings. The van der Waals surface area contributed by atoms with Crippen molar-refractivity contribution in [1.29, 1.82) is 0 Å². The second kappa shape index (κ2) is 9.29. The Morgan fingerprint density at radius 3 is 2.80 bits per heavy atom. The van der Waals surface area contributed by atoms with Gasteiger partial charge in [0.15, 0.2) is 0 Å². The Morgan fingerprint density at radius 2 is 2.03 bits per heavy atom. The number of benzene rings is 1. The van der Waals surface area contributed by atoms with Gasteiger partial charge in [-0.15, -0.1) is 0 Å². The molecule has 0 N–H and O–H groups in total. The molecule has 0 saturated carbocycles. The van der Waals surface area contributed by atoms with Crippen molar-refractivity contribution in [3.05, 3.63) is 81.4 Å². The molecule has 1 aliphatic rings. The van der Waals surface area contributed by atoms with Gasteiger partial charge in [0.1, 0.15) is 6.10 Å². The molecule has 0 amide bonds. The fourth-order valence-corrected chi connectivity index (χ4v) is 4.27. The number of hydrogen-bond donors (Lipinski definition) is 0. The Morgan fingerprint density at radius 1 is 1.17 bits per heavy atom. The number of nitrogens with zero attached hydrogens (tertiary/aromatic N) is 4. The van der Waals surface area contributed by atoms with E-state index in [4.69, 9.17) is 21.3 Å². The first-order valence-electron chi connectivity index (χ1n) is 10.6. The van der Waals surface area contributed by atoms with Crippen LogP contribution in [0.1, 0.15) is 46.8 Å². The quantitative estimate of drug-likeness (QED) is 0.573. The number of aryl methyl sites for hydroxylation is 3. The summed E-state index contributed by atoms with van der Waals surface area (Å²) in [7, 11) is 0. The van der Waals surface area contributed by atoms with Crippen molar-refractivity contribution < 1.29 is 4.74 Å². The summed E-state index contributed by atoms with van der Waals surface area (Å²) in [5, 5.41) is 5.35. The first-order chi connectivity index (χ1) is 14.5. The van der Waals surface area contributed by atoms with Crippen LogP contribution >= 0.6 is 11.6 Å². The van der Waals surface area contributed by atoms with Crippen molar-refractivity contribution in [3.8, 4) is 0 Å². The third-order valence-corrected chi connectivity index (χ3v) is 5.81. The smallest absolute Gasteiger partial charge is 0.112 e. The Bertz CT molecular complexity index is 1020. The fourth-order valence-electron chi connectivity index (χ4n) is 4.06. The number of aromatic nitrogens is 3. The van der Waals surface area contributed by atoms with E-state index in [1.54, 1.807) is 0 Å². The first kappa shape index (κ1) is 21.0. The molecule has 1 atom stereocenters. The van der Waals surface area contributed by atoms with Crippen LogP contribution in [0.15, 0.2) is 42.6 Å². The predicted molar refractivity (Wildman–Crippen MR) is 120 cm³/mol. The standard InChI is InChI=1S/C24H29ClN4O/c1-4-29-15-21(18(3)27-29)14-28-8-9-30-24(16-28)23-13-20(10-17(2)26-23)11-19-6-5-7-22(25)12-19/h5-7,10,12-13,15,24H,4,8-9,11,14,16H2,1-3H3/t24-/m1/s1. The third kappa shape index (κ3) is 5.09. The van der Waals surface area contributed by atoms with Crippen LogP contribution in [-0.2, 0) is 24.2 Å². The maximum atomic E-state index is 6.16. The van der Waals surface area contributed by atoms with Gasteiger partial charge in [0.05, 0.1) is 18.0 Å². The van der Waals surface area contributed by atoms with Gasteiger partial charge in [0.25, 0.3) is 0 Å². The summed E-state index contributed by atoms with van der Waals surface area (Å²) in [5.74, 6) is 0. The van der Waals surface area contributed by atoms with Crippen LogP contribution in [0.5, 0.6) is 0 Å². The van der Waals surface area contributed by atoms with Gasteiger partial charge in [-0.1, -0.05) is 23.7 Å². The van der Waals surface area contributed by atoms with E-state index in [1.807, 2.05) is 29.8 Å². The molecule has 30 heavy (non-hydrogen) atoms. The van der Waals surface area contributed by atoms with E-state index in [0.717, 1.165) is 54.7 Å². The average molecular weight is 425 g/mol. The van der Waals surface area contributed by atoms with Crippen molar-refractivity contribution in [2.75, 3.05) is 19.7 Å². The highest BCUT2D eigenvalue weighted by molar-refractivity contribution is 6.30. The summed E-state index contributed by atoms with van der Waals surface area (Å²) >= 11 is 6.16. The van der Waals surface area contributed by atoms with E-state index in [9.17, 15) is 0 Å². The number of hydrogen-bond acceptors (Lipinski definition) is 4. The molecule has 2 aromatic heterocycles. The predicted octanol–water partition coefficient (Wildman–Crippen LogP) is 4.73. The average Bonchev–Trinajstić information content (AvgIpc) is 3.07. The Labute approximate surface area is 183 Å². The lowest BCUT2D eigenvalue weighted by molar-refractivity contribution is -0.0351. The third-order valence-electron chi connectivity index (χ3n) is 5.58. The summed E-state index contributed by atoms with van der Waals surface area (Å²) in [6.45, 7) is 10.5. The molecule has 0 aliphatic carbocycles. The lowest BCUT2D eigenvalue weighted by Gasteiger charge is -2.32. The van der Waals surface area contributed by atoms with Gasteiger partial charge >= 0.3 is 0 Å². The Balaban J connectivity index is 1.48. The zero-order valence-electron chi connectivity index (χ0n) is 17.9. The van der Waals surface area contributed by atoms with E-state index in [0.29, 0.717) is 6.61 Å². The lowest BCUT2D eigenvalue weighted by Crippen LogP contribution is -2.38. The molecule has 158 valence electrons. The summed E-state index contributed by atoms with van der Waals surface area (Å²) in [4.78, 5) is 7.24. The zero-order chi connectivity index (χ0) is 21.1. The monoisotopic (exact) mass is 424 g/mol. The molecule has 1 saturated heterocycles. The van der Waals surface area contributed by atoms with Crippen molar-refractivity contribution in [1.82, 2.24) is 19.7 Å². The summed E-state index contributed by atoms with van der Waals surface area (Å²) < 4.78 is 8.13. The molecule has 1 fully saturated rings. The molecule has 0 unspecified atom stereocenters. The second-order valence-electron chi connectivity index (χ2n) is 8.04. The highest BCUT2D eigenvalue weighted by atomic mass is 35.5. The highest BCUT2D eigenvalue weighted by Crippen LogP contribution is 2.25. The van der Waals surface area contributed by atoms with Crippen LogP contribution in [0.3, 0.4) is 0 Å². The van der Waals surface area contributed by atoms with Crippen LogP contribution in [0.25, 0.3) is 0 Å². The second-order valence-corrected chi connectivity index (χ2v) is 8.47. The minimum atomic E-state index is -0.0155. The first-order valence-corrected chi connectivity index (χ1v) is 11.0. The molecule has 1 aliphatic heterocycles. The summed E-state index contributed by atoms with van der Waals surface area (Å²) in [6.07, 6.45) is 2.98. The van der Waals surface area contributed by atoms with E-state index in [-0.39, 0.29) is 6.10 Å². The van der Waals surface area contributed by atoms with Gasteiger partial charge in [-0.2, -0.15) is 5.10 Å².